The number of carboxylic acids is 1. The predicted octanol–water partition coefficient (Wildman–Crippen LogP) is 4.01. The zero-order valence-corrected chi connectivity index (χ0v) is 11.7. The van der Waals surface area contributed by atoms with Crippen molar-refractivity contribution in [2.24, 2.45) is 0 Å². The van der Waals surface area contributed by atoms with Crippen molar-refractivity contribution >= 4 is 5.97 Å². The van der Waals surface area contributed by atoms with Crippen LogP contribution in [0.25, 0.3) is 11.1 Å². The van der Waals surface area contributed by atoms with Crippen LogP contribution in [0.4, 0.5) is 0 Å². The number of carbonyl (C=O) groups is 1. The number of hydrogen-bond donors (Lipinski definition) is 1. The summed E-state index contributed by atoms with van der Waals surface area (Å²) in [6.07, 6.45) is 0.919. The Morgan fingerprint density at radius 2 is 1.85 bits per heavy atom. The van der Waals surface area contributed by atoms with Gasteiger partial charge in [-0.3, -0.25) is 0 Å². The fourth-order valence-electron chi connectivity index (χ4n) is 2.24. The zero-order valence-electron chi connectivity index (χ0n) is 11.7. The average Bonchev–Trinajstić information content (AvgIpc) is 2.47. The lowest BCUT2D eigenvalue weighted by atomic mass is 9.96. The van der Waals surface area contributed by atoms with Crippen LogP contribution >= 0.6 is 0 Å². The van der Waals surface area contributed by atoms with E-state index in [1.54, 1.807) is 12.1 Å². The molecule has 0 amide bonds. The third kappa shape index (κ3) is 2.82. The average molecular weight is 270 g/mol. The normalized spacial score (nSPS) is 10.3. The maximum atomic E-state index is 11.1. The monoisotopic (exact) mass is 270 g/mol. The summed E-state index contributed by atoms with van der Waals surface area (Å²) in [6, 6.07) is 13.1. The van der Waals surface area contributed by atoms with Crippen molar-refractivity contribution in [3.05, 3.63) is 53.6 Å². The molecule has 2 aromatic rings. The number of carboxylic acid groups (broad SMARTS) is 1. The lowest BCUT2D eigenvalue weighted by Crippen LogP contribution is -2.01. The first kappa shape index (κ1) is 14.1. The highest BCUT2D eigenvalue weighted by atomic mass is 16.5. The molecule has 0 unspecified atom stereocenters. The van der Waals surface area contributed by atoms with E-state index in [2.05, 4.69) is 13.0 Å². The van der Waals surface area contributed by atoms with Gasteiger partial charge < -0.3 is 9.84 Å². The Morgan fingerprint density at radius 1 is 1.10 bits per heavy atom. The molecule has 3 nitrogen and oxygen atoms in total. The summed E-state index contributed by atoms with van der Waals surface area (Å²) < 4.78 is 5.62. The summed E-state index contributed by atoms with van der Waals surface area (Å²) in [5.41, 5.74) is 3.49. The molecule has 0 aromatic heterocycles. The van der Waals surface area contributed by atoms with Gasteiger partial charge in [0.05, 0.1) is 12.2 Å². The quantitative estimate of drug-likeness (QED) is 0.892. The number of aromatic carboxylic acids is 1. The second kappa shape index (κ2) is 6.24. The van der Waals surface area contributed by atoms with E-state index in [-0.39, 0.29) is 5.56 Å². The van der Waals surface area contributed by atoms with E-state index in [9.17, 15) is 4.79 Å². The minimum absolute atomic E-state index is 0.242. The fraction of sp³-hybridized carbons (Fsp3) is 0.235. The molecule has 1 N–H and O–H groups in total. The summed E-state index contributed by atoms with van der Waals surface area (Å²) >= 11 is 0. The van der Waals surface area contributed by atoms with Gasteiger partial charge in [-0.15, -0.1) is 0 Å². The Hall–Kier alpha value is -2.29. The van der Waals surface area contributed by atoms with Gasteiger partial charge in [0.1, 0.15) is 5.75 Å². The molecule has 2 aromatic carbocycles. The lowest BCUT2D eigenvalue weighted by molar-refractivity contribution is 0.0696. The van der Waals surface area contributed by atoms with E-state index in [0.717, 1.165) is 17.5 Å². The summed E-state index contributed by atoms with van der Waals surface area (Å²) in [5, 5.41) is 9.08. The molecule has 0 saturated carbocycles. The molecule has 20 heavy (non-hydrogen) atoms. The molecule has 0 aliphatic rings. The first-order valence-electron chi connectivity index (χ1n) is 6.75. The van der Waals surface area contributed by atoms with Crippen LogP contribution in [0.15, 0.2) is 42.5 Å². The highest BCUT2D eigenvalue weighted by molar-refractivity contribution is 5.90. The van der Waals surface area contributed by atoms with Crippen molar-refractivity contribution in [3.8, 4) is 16.9 Å². The molecule has 2 rings (SSSR count). The van der Waals surface area contributed by atoms with E-state index in [4.69, 9.17) is 9.84 Å². The van der Waals surface area contributed by atoms with Crippen molar-refractivity contribution in [2.75, 3.05) is 6.61 Å². The SMILES string of the molecule is CCOc1cc(C(=O)O)ccc1-c1ccccc1CC. The van der Waals surface area contributed by atoms with Crippen LogP contribution < -0.4 is 4.74 Å². The van der Waals surface area contributed by atoms with Gasteiger partial charge in [-0.2, -0.15) is 0 Å². The maximum Gasteiger partial charge on any atom is 0.335 e. The van der Waals surface area contributed by atoms with E-state index >= 15 is 0 Å². The smallest absolute Gasteiger partial charge is 0.335 e. The van der Waals surface area contributed by atoms with Crippen molar-refractivity contribution in [2.45, 2.75) is 20.3 Å². The topological polar surface area (TPSA) is 46.5 Å². The van der Waals surface area contributed by atoms with E-state index in [1.807, 2.05) is 31.2 Å². The van der Waals surface area contributed by atoms with Gasteiger partial charge in [0.2, 0.25) is 0 Å². The number of benzene rings is 2. The van der Waals surface area contributed by atoms with Gasteiger partial charge in [0.15, 0.2) is 0 Å². The molecule has 0 saturated heterocycles. The molecule has 0 bridgehead atoms. The number of rotatable bonds is 5. The summed E-state index contributed by atoms with van der Waals surface area (Å²) in [6.45, 7) is 4.50. The van der Waals surface area contributed by atoms with Gasteiger partial charge in [-0.05, 0) is 42.7 Å². The van der Waals surface area contributed by atoms with E-state index in [0.29, 0.717) is 12.4 Å². The Kier molecular flexibility index (Phi) is 4.41. The molecule has 0 radical (unpaired) electrons. The van der Waals surface area contributed by atoms with Crippen LogP contribution in [0, 0.1) is 0 Å². The third-order valence-corrected chi connectivity index (χ3v) is 3.22. The Balaban J connectivity index is 2.57. The molecule has 104 valence electrons. The van der Waals surface area contributed by atoms with Crippen LogP contribution in [0.2, 0.25) is 0 Å². The van der Waals surface area contributed by atoms with Gasteiger partial charge in [-0.1, -0.05) is 31.2 Å². The molecule has 3 heteroatoms. The summed E-state index contributed by atoms with van der Waals surface area (Å²) in [4.78, 5) is 11.1. The van der Waals surface area contributed by atoms with Gasteiger partial charge >= 0.3 is 5.97 Å². The van der Waals surface area contributed by atoms with E-state index < -0.39 is 5.97 Å². The van der Waals surface area contributed by atoms with Gasteiger partial charge in [0, 0.05) is 5.56 Å². The van der Waals surface area contributed by atoms with E-state index in [1.165, 1.54) is 5.56 Å². The maximum absolute atomic E-state index is 11.1. The van der Waals surface area contributed by atoms with Gasteiger partial charge in [-0.25, -0.2) is 4.79 Å². The van der Waals surface area contributed by atoms with Gasteiger partial charge in [0.25, 0.3) is 0 Å². The molecule has 0 fully saturated rings. The first-order chi connectivity index (χ1) is 9.67. The molecule has 0 atom stereocenters. The largest absolute Gasteiger partial charge is 0.493 e. The summed E-state index contributed by atoms with van der Waals surface area (Å²) in [7, 11) is 0. The van der Waals surface area contributed by atoms with Crippen molar-refractivity contribution < 1.29 is 14.6 Å². The molecule has 0 aliphatic carbocycles. The Bertz CT molecular complexity index is 617. The minimum atomic E-state index is -0.943. The highest BCUT2D eigenvalue weighted by Gasteiger charge is 2.12. The Labute approximate surface area is 118 Å². The van der Waals surface area contributed by atoms with Crippen LogP contribution in [-0.2, 0) is 6.42 Å². The van der Waals surface area contributed by atoms with Crippen LogP contribution in [0.1, 0.15) is 29.8 Å². The number of hydrogen-bond acceptors (Lipinski definition) is 2. The molecule has 0 aliphatic heterocycles. The number of aryl methyl sites for hydroxylation is 1. The first-order valence-corrected chi connectivity index (χ1v) is 6.75. The fourth-order valence-corrected chi connectivity index (χ4v) is 2.24. The van der Waals surface area contributed by atoms with Crippen LogP contribution in [0.5, 0.6) is 5.75 Å². The predicted molar refractivity (Wildman–Crippen MR) is 79.4 cm³/mol. The summed E-state index contributed by atoms with van der Waals surface area (Å²) in [5.74, 6) is -0.324. The zero-order chi connectivity index (χ0) is 14.5. The molecular weight excluding hydrogens is 252 g/mol. The minimum Gasteiger partial charge on any atom is -0.493 e. The van der Waals surface area contributed by atoms with Crippen molar-refractivity contribution in [3.63, 3.8) is 0 Å². The lowest BCUT2D eigenvalue weighted by Gasteiger charge is -2.14. The van der Waals surface area contributed by atoms with Crippen molar-refractivity contribution in [1.29, 1.82) is 0 Å². The molecular formula is C17H18O3. The molecule has 0 heterocycles. The standard InChI is InChI=1S/C17H18O3/c1-3-12-7-5-6-8-14(12)15-10-9-13(17(18)19)11-16(15)20-4-2/h5-11H,3-4H2,1-2H3,(H,18,19). The number of ether oxygens (including phenoxy) is 1. The second-order valence-corrected chi connectivity index (χ2v) is 4.46. The third-order valence-electron chi connectivity index (χ3n) is 3.22. The molecule has 0 spiro atoms. The Morgan fingerprint density at radius 3 is 2.50 bits per heavy atom. The van der Waals surface area contributed by atoms with Crippen LogP contribution in [0.3, 0.4) is 0 Å². The van der Waals surface area contributed by atoms with Crippen LogP contribution in [-0.4, -0.2) is 17.7 Å². The van der Waals surface area contributed by atoms with Crippen molar-refractivity contribution in [1.82, 2.24) is 0 Å². The highest BCUT2D eigenvalue weighted by Crippen LogP contribution is 2.33. The second-order valence-electron chi connectivity index (χ2n) is 4.46.